The fourth-order valence-corrected chi connectivity index (χ4v) is 3.34. The van der Waals surface area contributed by atoms with Crippen LogP contribution in [0.1, 0.15) is 31.2 Å². The first-order chi connectivity index (χ1) is 9.18. The van der Waals surface area contributed by atoms with Crippen molar-refractivity contribution in [2.24, 2.45) is 5.73 Å². The molecule has 1 aliphatic carbocycles. The lowest BCUT2D eigenvalue weighted by atomic mass is 9.64. The standard InChI is InChI=1S/C14H17BrFNO2/c15-11-12(16)9(14(8-17)3-1-4-14)7-10-13(11)19-6-2-5-18-10/h7H,1-6,8,17H2. The summed E-state index contributed by atoms with van der Waals surface area (Å²) in [6, 6.07) is 1.78. The van der Waals surface area contributed by atoms with Crippen molar-refractivity contribution < 1.29 is 13.9 Å². The van der Waals surface area contributed by atoms with Crippen molar-refractivity contribution in [3.05, 3.63) is 21.9 Å². The second-order valence-corrected chi connectivity index (χ2v) is 6.06. The molecule has 0 bridgehead atoms. The summed E-state index contributed by atoms with van der Waals surface area (Å²) in [6.45, 7) is 1.61. The molecule has 2 aliphatic rings. The Morgan fingerprint density at radius 1 is 1.26 bits per heavy atom. The Balaban J connectivity index is 2.11. The minimum absolute atomic E-state index is 0.225. The average molecular weight is 330 g/mol. The molecular formula is C14H17BrFNO2. The minimum atomic E-state index is -0.255. The molecule has 0 spiro atoms. The predicted molar refractivity (Wildman–Crippen MR) is 74.3 cm³/mol. The lowest BCUT2D eigenvalue weighted by Crippen LogP contribution is -2.42. The van der Waals surface area contributed by atoms with Crippen LogP contribution in [0.2, 0.25) is 0 Å². The van der Waals surface area contributed by atoms with Crippen molar-refractivity contribution in [1.82, 2.24) is 0 Å². The van der Waals surface area contributed by atoms with E-state index in [1.807, 2.05) is 0 Å². The molecule has 1 fully saturated rings. The first-order valence-corrected chi connectivity index (χ1v) is 7.45. The Morgan fingerprint density at radius 3 is 2.63 bits per heavy atom. The summed E-state index contributed by atoms with van der Waals surface area (Å²) in [5.41, 5.74) is 6.31. The smallest absolute Gasteiger partial charge is 0.178 e. The van der Waals surface area contributed by atoms with Crippen molar-refractivity contribution in [3.63, 3.8) is 0 Å². The van der Waals surface area contributed by atoms with Crippen LogP contribution in [0.15, 0.2) is 10.5 Å². The number of rotatable bonds is 2. The molecule has 104 valence electrons. The topological polar surface area (TPSA) is 44.5 Å². The zero-order valence-corrected chi connectivity index (χ0v) is 12.3. The summed E-state index contributed by atoms with van der Waals surface area (Å²) in [7, 11) is 0. The highest BCUT2D eigenvalue weighted by Gasteiger charge is 2.41. The maximum Gasteiger partial charge on any atom is 0.178 e. The molecule has 3 nitrogen and oxygen atoms in total. The largest absolute Gasteiger partial charge is 0.490 e. The molecule has 1 aliphatic heterocycles. The lowest BCUT2D eigenvalue weighted by molar-refractivity contribution is 0.242. The van der Waals surface area contributed by atoms with Gasteiger partial charge in [-0.25, -0.2) is 4.39 Å². The fourth-order valence-electron chi connectivity index (χ4n) is 2.82. The van der Waals surface area contributed by atoms with Crippen LogP contribution in [0.25, 0.3) is 0 Å². The summed E-state index contributed by atoms with van der Waals surface area (Å²) in [6.07, 6.45) is 3.78. The van der Waals surface area contributed by atoms with E-state index in [-0.39, 0.29) is 11.2 Å². The molecule has 1 aromatic carbocycles. The number of halogens is 2. The highest BCUT2D eigenvalue weighted by atomic mass is 79.9. The van der Waals surface area contributed by atoms with Crippen molar-refractivity contribution in [2.45, 2.75) is 31.1 Å². The molecule has 0 atom stereocenters. The molecular weight excluding hydrogens is 313 g/mol. The third-order valence-corrected chi connectivity index (χ3v) is 4.90. The molecule has 0 radical (unpaired) electrons. The van der Waals surface area contributed by atoms with Gasteiger partial charge in [-0.05, 0) is 34.8 Å². The van der Waals surface area contributed by atoms with Gasteiger partial charge in [0.05, 0.1) is 17.7 Å². The second kappa shape index (κ2) is 4.94. The summed E-state index contributed by atoms with van der Waals surface area (Å²) < 4.78 is 26.2. The van der Waals surface area contributed by atoms with Gasteiger partial charge in [-0.1, -0.05) is 6.42 Å². The SMILES string of the molecule is NCC1(c2cc3c(c(Br)c2F)OCCCO3)CCC1. The highest BCUT2D eigenvalue weighted by Crippen LogP contribution is 2.49. The van der Waals surface area contributed by atoms with Crippen LogP contribution in [-0.4, -0.2) is 19.8 Å². The van der Waals surface area contributed by atoms with Crippen LogP contribution in [0.5, 0.6) is 11.5 Å². The van der Waals surface area contributed by atoms with Crippen molar-refractivity contribution >= 4 is 15.9 Å². The van der Waals surface area contributed by atoms with E-state index in [4.69, 9.17) is 15.2 Å². The molecule has 0 aromatic heterocycles. The molecule has 1 aromatic rings. The molecule has 1 heterocycles. The monoisotopic (exact) mass is 329 g/mol. The first kappa shape index (κ1) is 13.2. The van der Waals surface area contributed by atoms with E-state index in [9.17, 15) is 4.39 Å². The van der Waals surface area contributed by atoms with E-state index in [2.05, 4.69) is 15.9 Å². The Kier molecular flexibility index (Phi) is 3.43. The van der Waals surface area contributed by atoms with Gasteiger partial charge in [0, 0.05) is 23.9 Å². The number of ether oxygens (including phenoxy) is 2. The Hall–Kier alpha value is -0.810. The van der Waals surface area contributed by atoms with E-state index in [0.717, 1.165) is 25.7 Å². The maximum atomic E-state index is 14.6. The van der Waals surface area contributed by atoms with Gasteiger partial charge < -0.3 is 15.2 Å². The molecule has 19 heavy (non-hydrogen) atoms. The van der Waals surface area contributed by atoms with Gasteiger partial charge in [0.2, 0.25) is 0 Å². The van der Waals surface area contributed by atoms with E-state index in [1.165, 1.54) is 0 Å². The Morgan fingerprint density at radius 2 is 2.00 bits per heavy atom. The Bertz CT molecular complexity index is 497. The molecule has 3 rings (SSSR count). The average Bonchev–Trinajstić information content (AvgIpc) is 2.60. The van der Waals surface area contributed by atoms with Crippen LogP contribution in [0, 0.1) is 5.82 Å². The highest BCUT2D eigenvalue weighted by molar-refractivity contribution is 9.10. The summed E-state index contributed by atoms with van der Waals surface area (Å²) in [5, 5.41) is 0. The zero-order valence-electron chi connectivity index (χ0n) is 10.7. The number of hydrogen-bond acceptors (Lipinski definition) is 3. The van der Waals surface area contributed by atoms with Crippen LogP contribution in [0.3, 0.4) is 0 Å². The first-order valence-electron chi connectivity index (χ1n) is 6.66. The van der Waals surface area contributed by atoms with Crippen LogP contribution in [0.4, 0.5) is 4.39 Å². The maximum absolute atomic E-state index is 14.6. The van der Waals surface area contributed by atoms with E-state index >= 15 is 0 Å². The van der Waals surface area contributed by atoms with Gasteiger partial charge in [-0.3, -0.25) is 0 Å². The lowest BCUT2D eigenvalue weighted by Gasteiger charge is -2.42. The van der Waals surface area contributed by atoms with Crippen LogP contribution in [-0.2, 0) is 5.41 Å². The predicted octanol–water partition coefficient (Wildman–Crippen LogP) is 3.13. The minimum Gasteiger partial charge on any atom is -0.490 e. The number of benzene rings is 1. The van der Waals surface area contributed by atoms with Gasteiger partial charge in [0.25, 0.3) is 0 Å². The number of fused-ring (bicyclic) bond motifs is 1. The van der Waals surface area contributed by atoms with Gasteiger partial charge in [0.15, 0.2) is 11.5 Å². The molecule has 0 amide bonds. The number of nitrogens with two attached hydrogens (primary N) is 1. The van der Waals surface area contributed by atoms with Gasteiger partial charge in [-0.15, -0.1) is 0 Å². The van der Waals surface area contributed by atoms with Crippen LogP contribution < -0.4 is 15.2 Å². The van der Waals surface area contributed by atoms with Gasteiger partial charge >= 0.3 is 0 Å². The van der Waals surface area contributed by atoms with E-state index in [0.29, 0.717) is 41.3 Å². The van der Waals surface area contributed by atoms with Crippen LogP contribution >= 0.6 is 15.9 Å². The third-order valence-electron chi connectivity index (χ3n) is 4.19. The van der Waals surface area contributed by atoms with E-state index in [1.54, 1.807) is 6.07 Å². The molecule has 0 saturated heterocycles. The Labute approximate surface area is 120 Å². The van der Waals surface area contributed by atoms with Crippen molar-refractivity contribution in [1.29, 1.82) is 0 Å². The summed E-state index contributed by atoms with van der Waals surface area (Å²) >= 11 is 3.31. The number of hydrogen-bond donors (Lipinski definition) is 1. The van der Waals surface area contributed by atoms with E-state index < -0.39 is 0 Å². The molecule has 0 unspecified atom stereocenters. The van der Waals surface area contributed by atoms with Crippen molar-refractivity contribution in [3.8, 4) is 11.5 Å². The summed E-state index contributed by atoms with van der Waals surface area (Å²) in [5.74, 6) is 0.847. The third kappa shape index (κ3) is 2.03. The molecule has 2 N–H and O–H groups in total. The second-order valence-electron chi connectivity index (χ2n) is 5.27. The summed E-state index contributed by atoms with van der Waals surface area (Å²) in [4.78, 5) is 0. The molecule has 1 saturated carbocycles. The van der Waals surface area contributed by atoms with Crippen molar-refractivity contribution in [2.75, 3.05) is 19.8 Å². The normalized spacial score (nSPS) is 20.6. The van der Waals surface area contributed by atoms with Gasteiger partial charge in [-0.2, -0.15) is 0 Å². The fraction of sp³-hybridized carbons (Fsp3) is 0.571. The molecule has 5 heteroatoms. The van der Waals surface area contributed by atoms with Gasteiger partial charge in [0.1, 0.15) is 5.82 Å². The zero-order chi connectivity index (χ0) is 13.5. The quantitative estimate of drug-likeness (QED) is 0.906.